The van der Waals surface area contributed by atoms with E-state index in [1.54, 1.807) is 13.0 Å². The van der Waals surface area contributed by atoms with E-state index in [1.165, 1.54) is 19.1 Å². The molecule has 0 saturated carbocycles. The van der Waals surface area contributed by atoms with Crippen LogP contribution in [-0.4, -0.2) is 42.3 Å². The number of ether oxygens (including phenoxy) is 2. The Bertz CT molecular complexity index is 538. The smallest absolute Gasteiger partial charge is 0.331 e. The predicted molar refractivity (Wildman–Crippen MR) is 82.2 cm³/mol. The normalized spacial score (nSPS) is 13.1. The Morgan fingerprint density at radius 3 is 2.59 bits per heavy atom. The van der Waals surface area contributed by atoms with Gasteiger partial charge in [0, 0.05) is 5.02 Å². The van der Waals surface area contributed by atoms with Gasteiger partial charge in [-0.2, -0.15) is 0 Å². The van der Waals surface area contributed by atoms with Crippen LogP contribution >= 0.6 is 23.2 Å². The molecular weight excluding hydrogens is 333 g/mol. The van der Waals surface area contributed by atoms with E-state index in [9.17, 15) is 9.59 Å². The summed E-state index contributed by atoms with van der Waals surface area (Å²) in [5, 5.41) is 12.2. The number of rotatable bonds is 7. The summed E-state index contributed by atoms with van der Waals surface area (Å²) >= 11 is 11.7. The van der Waals surface area contributed by atoms with E-state index in [0.29, 0.717) is 5.02 Å². The van der Waals surface area contributed by atoms with Crippen molar-refractivity contribution in [2.24, 2.45) is 0 Å². The van der Waals surface area contributed by atoms with Crippen molar-refractivity contribution in [1.82, 2.24) is 5.32 Å². The van der Waals surface area contributed by atoms with Gasteiger partial charge in [0.15, 0.2) is 12.1 Å². The van der Waals surface area contributed by atoms with E-state index in [1.807, 2.05) is 0 Å². The minimum absolute atomic E-state index is 0.150. The van der Waals surface area contributed by atoms with Crippen LogP contribution in [0.3, 0.4) is 0 Å². The SMILES string of the molecule is CCOC(=O)C(CO)NC(=O)C(C)Oc1ccc(Cl)cc1Cl. The third-order valence-electron chi connectivity index (χ3n) is 2.64. The molecule has 1 aromatic carbocycles. The van der Waals surface area contributed by atoms with Gasteiger partial charge in [-0.05, 0) is 32.0 Å². The topological polar surface area (TPSA) is 84.9 Å². The maximum Gasteiger partial charge on any atom is 0.331 e. The molecule has 2 atom stereocenters. The number of halogens is 2. The number of aliphatic hydroxyl groups excluding tert-OH is 1. The van der Waals surface area contributed by atoms with Crippen molar-refractivity contribution in [2.75, 3.05) is 13.2 Å². The lowest BCUT2D eigenvalue weighted by Crippen LogP contribution is -2.48. The molecule has 0 spiro atoms. The molecule has 22 heavy (non-hydrogen) atoms. The van der Waals surface area contributed by atoms with Crippen molar-refractivity contribution < 1.29 is 24.2 Å². The molecule has 0 saturated heterocycles. The first-order valence-electron chi connectivity index (χ1n) is 6.58. The molecule has 6 nitrogen and oxygen atoms in total. The molecule has 0 radical (unpaired) electrons. The fourth-order valence-electron chi connectivity index (χ4n) is 1.53. The van der Waals surface area contributed by atoms with Crippen molar-refractivity contribution in [3.63, 3.8) is 0 Å². The molecule has 122 valence electrons. The van der Waals surface area contributed by atoms with Crippen LogP contribution in [0.5, 0.6) is 5.75 Å². The van der Waals surface area contributed by atoms with Crippen molar-refractivity contribution in [3.05, 3.63) is 28.2 Å². The zero-order valence-corrected chi connectivity index (χ0v) is 13.6. The minimum atomic E-state index is -1.14. The molecule has 2 unspecified atom stereocenters. The van der Waals surface area contributed by atoms with Crippen molar-refractivity contribution in [1.29, 1.82) is 0 Å². The first kappa shape index (κ1) is 18.5. The van der Waals surface area contributed by atoms with Gasteiger partial charge in [-0.1, -0.05) is 23.2 Å². The fourth-order valence-corrected chi connectivity index (χ4v) is 1.98. The number of carbonyl (C=O) groups excluding carboxylic acids is 2. The number of esters is 1. The summed E-state index contributed by atoms with van der Waals surface area (Å²) in [5.74, 6) is -1.02. The van der Waals surface area contributed by atoms with E-state index in [0.717, 1.165) is 0 Å². The Morgan fingerprint density at radius 1 is 1.36 bits per heavy atom. The molecule has 0 bridgehead atoms. The third kappa shape index (κ3) is 5.36. The van der Waals surface area contributed by atoms with Crippen LogP contribution in [0.15, 0.2) is 18.2 Å². The van der Waals surface area contributed by atoms with Crippen molar-refractivity contribution >= 4 is 35.1 Å². The van der Waals surface area contributed by atoms with Gasteiger partial charge in [-0.25, -0.2) is 4.79 Å². The van der Waals surface area contributed by atoms with Crippen LogP contribution in [0.4, 0.5) is 0 Å². The number of nitrogens with one attached hydrogen (secondary N) is 1. The lowest BCUT2D eigenvalue weighted by molar-refractivity contribution is -0.149. The highest BCUT2D eigenvalue weighted by Gasteiger charge is 2.25. The third-order valence-corrected chi connectivity index (χ3v) is 3.17. The van der Waals surface area contributed by atoms with Crippen molar-refractivity contribution in [2.45, 2.75) is 26.0 Å². The number of amides is 1. The predicted octanol–water partition coefficient (Wildman–Crippen LogP) is 1.80. The largest absolute Gasteiger partial charge is 0.479 e. The summed E-state index contributed by atoms with van der Waals surface area (Å²) in [5.41, 5.74) is 0. The molecule has 0 aliphatic rings. The highest BCUT2D eigenvalue weighted by Crippen LogP contribution is 2.28. The van der Waals surface area contributed by atoms with Crippen LogP contribution in [0.2, 0.25) is 10.0 Å². The van der Waals surface area contributed by atoms with Crippen LogP contribution in [0, 0.1) is 0 Å². The summed E-state index contributed by atoms with van der Waals surface area (Å²) in [7, 11) is 0. The first-order chi connectivity index (χ1) is 10.4. The molecular formula is C14H17Cl2NO5. The summed E-state index contributed by atoms with van der Waals surface area (Å²) in [6, 6.07) is 3.45. The number of hydrogen-bond acceptors (Lipinski definition) is 5. The van der Waals surface area contributed by atoms with Gasteiger partial charge in [0.2, 0.25) is 0 Å². The Balaban J connectivity index is 2.66. The lowest BCUT2D eigenvalue weighted by atomic mass is 10.2. The van der Waals surface area contributed by atoms with E-state index >= 15 is 0 Å². The highest BCUT2D eigenvalue weighted by molar-refractivity contribution is 6.35. The quantitative estimate of drug-likeness (QED) is 0.733. The zero-order chi connectivity index (χ0) is 16.7. The summed E-state index contributed by atoms with van der Waals surface area (Å²) in [4.78, 5) is 23.5. The Kier molecular flexibility index (Phi) is 7.44. The summed E-state index contributed by atoms with van der Waals surface area (Å²) < 4.78 is 10.1. The molecule has 0 fully saturated rings. The van der Waals surface area contributed by atoms with Gasteiger partial charge in [-0.3, -0.25) is 4.79 Å². The molecule has 0 aliphatic heterocycles. The molecule has 0 aromatic heterocycles. The zero-order valence-electron chi connectivity index (χ0n) is 12.1. The molecule has 1 amide bonds. The Hall–Kier alpha value is -1.50. The maximum absolute atomic E-state index is 12.0. The van der Waals surface area contributed by atoms with Crippen LogP contribution in [0.1, 0.15) is 13.8 Å². The minimum Gasteiger partial charge on any atom is -0.479 e. The van der Waals surface area contributed by atoms with Crippen molar-refractivity contribution in [3.8, 4) is 5.75 Å². The van der Waals surface area contributed by atoms with E-state index in [-0.39, 0.29) is 17.4 Å². The maximum atomic E-state index is 12.0. The number of hydrogen-bond donors (Lipinski definition) is 2. The Morgan fingerprint density at radius 2 is 2.05 bits per heavy atom. The number of benzene rings is 1. The molecule has 1 aromatic rings. The van der Waals surface area contributed by atoms with E-state index < -0.39 is 30.6 Å². The standard InChI is InChI=1S/C14H17Cl2NO5/c1-3-21-14(20)11(7-18)17-13(19)8(2)22-12-5-4-9(15)6-10(12)16/h4-6,8,11,18H,3,7H2,1-2H3,(H,17,19). The van der Waals surface area contributed by atoms with Crippen LogP contribution in [-0.2, 0) is 14.3 Å². The van der Waals surface area contributed by atoms with Gasteiger partial charge in [0.1, 0.15) is 5.75 Å². The second-order valence-corrected chi connectivity index (χ2v) is 5.17. The second-order valence-electron chi connectivity index (χ2n) is 4.33. The van der Waals surface area contributed by atoms with Gasteiger partial charge in [0.25, 0.3) is 5.91 Å². The average Bonchev–Trinajstić information content (AvgIpc) is 2.47. The fraction of sp³-hybridized carbons (Fsp3) is 0.429. The van der Waals surface area contributed by atoms with Gasteiger partial charge >= 0.3 is 5.97 Å². The molecule has 0 heterocycles. The van der Waals surface area contributed by atoms with E-state index in [2.05, 4.69) is 5.32 Å². The highest BCUT2D eigenvalue weighted by atomic mass is 35.5. The average molecular weight is 350 g/mol. The number of aliphatic hydroxyl groups is 1. The molecule has 0 aliphatic carbocycles. The lowest BCUT2D eigenvalue weighted by Gasteiger charge is -2.19. The van der Waals surface area contributed by atoms with Gasteiger partial charge < -0.3 is 19.9 Å². The second kappa shape index (κ2) is 8.82. The monoisotopic (exact) mass is 349 g/mol. The molecule has 1 rings (SSSR count). The van der Waals surface area contributed by atoms with Crippen LogP contribution < -0.4 is 10.1 Å². The Labute approximate surface area is 138 Å². The summed E-state index contributed by atoms with van der Waals surface area (Å²) in [6.07, 6.45) is -0.929. The van der Waals surface area contributed by atoms with E-state index in [4.69, 9.17) is 37.8 Å². The summed E-state index contributed by atoms with van der Waals surface area (Å²) in [6.45, 7) is 2.69. The van der Waals surface area contributed by atoms with Gasteiger partial charge in [0.05, 0.1) is 18.2 Å². The molecule has 8 heteroatoms. The van der Waals surface area contributed by atoms with Crippen LogP contribution in [0.25, 0.3) is 0 Å². The number of carbonyl (C=O) groups is 2. The first-order valence-corrected chi connectivity index (χ1v) is 7.34. The van der Waals surface area contributed by atoms with Gasteiger partial charge in [-0.15, -0.1) is 0 Å². The molecule has 2 N–H and O–H groups in total.